The van der Waals surface area contributed by atoms with Gasteiger partial charge in [-0.15, -0.1) is 0 Å². The molecule has 1 atom stereocenters. The van der Waals surface area contributed by atoms with Crippen LogP contribution < -0.4 is 10.6 Å². The lowest BCUT2D eigenvalue weighted by Crippen LogP contribution is -2.37. The zero-order valence-corrected chi connectivity index (χ0v) is 12.7. The largest absolute Gasteiger partial charge is 0.371 e. The van der Waals surface area contributed by atoms with Gasteiger partial charge in [0.25, 0.3) is 0 Å². The minimum absolute atomic E-state index is 0.360. The van der Waals surface area contributed by atoms with Gasteiger partial charge in [0.05, 0.1) is 0 Å². The standard InChI is InChI=1S/C17H28N2/c1-17(2,3)11-14(12-18)13-19-10-6-8-15-7-4-5-9-16(15)19/h4-5,7,9,14H,6,8,10-13,18H2,1-3H3. The number of nitrogens with two attached hydrogens (primary N) is 1. The van der Waals surface area contributed by atoms with E-state index in [1.54, 1.807) is 0 Å². The maximum absolute atomic E-state index is 5.99. The van der Waals surface area contributed by atoms with Crippen LogP contribution in [-0.4, -0.2) is 19.6 Å². The van der Waals surface area contributed by atoms with Crippen molar-refractivity contribution in [3.63, 3.8) is 0 Å². The second-order valence-electron chi connectivity index (χ2n) is 7.04. The van der Waals surface area contributed by atoms with E-state index in [-0.39, 0.29) is 0 Å². The van der Waals surface area contributed by atoms with Crippen LogP contribution in [0.2, 0.25) is 0 Å². The molecule has 0 amide bonds. The van der Waals surface area contributed by atoms with Crippen molar-refractivity contribution in [2.24, 2.45) is 17.1 Å². The van der Waals surface area contributed by atoms with Gasteiger partial charge in [-0.3, -0.25) is 0 Å². The van der Waals surface area contributed by atoms with Crippen molar-refractivity contribution in [2.45, 2.75) is 40.0 Å². The highest BCUT2D eigenvalue weighted by molar-refractivity contribution is 5.55. The topological polar surface area (TPSA) is 29.3 Å². The lowest BCUT2D eigenvalue weighted by atomic mass is 9.84. The molecule has 2 heteroatoms. The van der Waals surface area contributed by atoms with E-state index in [4.69, 9.17) is 5.73 Å². The molecule has 1 aromatic carbocycles. The number of benzene rings is 1. The van der Waals surface area contributed by atoms with Gasteiger partial charge in [-0.2, -0.15) is 0 Å². The molecule has 106 valence electrons. The quantitative estimate of drug-likeness (QED) is 0.898. The summed E-state index contributed by atoms with van der Waals surface area (Å²) in [5, 5.41) is 0. The molecule has 0 saturated carbocycles. The third-order valence-electron chi connectivity index (χ3n) is 3.92. The fourth-order valence-electron chi connectivity index (χ4n) is 3.20. The van der Waals surface area contributed by atoms with Crippen molar-refractivity contribution >= 4 is 5.69 Å². The summed E-state index contributed by atoms with van der Waals surface area (Å²) in [6.45, 7) is 9.98. The number of anilines is 1. The Morgan fingerprint density at radius 2 is 2.00 bits per heavy atom. The molecule has 0 bridgehead atoms. The van der Waals surface area contributed by atoms with Gasteiger partial charge in [0.2, 0.25) is 0 Å². The average molecular weight is 260 g/mol. The Morgan fingerprint density at radius 3 is 2.68 bits per heavy atom. The smallest absolute Gasteiger partial charge is 0.0398 e. The van der Waals surface area contributed by atoms with Crippen LogP contribution in [0.15, 0.2) is 24.3 Å². The molecule has 1 aromatic rings. The van der Waals surface area contributed by atoms with E-state index in [0.717, 1.165) is 13.1 Å². The predicted molar refractivity (Wildman–Crippen MR) is 83.6 cm³/mol. The molecule has 0 spiro atoms. The third kappa shape index (κ3) is 3.97. The Labute approximate surface area is 118 Å². The molecule has 0 radical (unpaired) electrons. The summed E-state index contributed by atoms with van der Waals surface area (Å²) < 4.78 is 0. The summed E-state index contributed by atoms with van der Waals surface area (Å²) >= 11 is 0. The van der Waals surface area contributed by atoms with Crippen LogP contribution in [0.4, 0.5) is 5.69 Å². The fourth-order valence-corrected chi connectivity index (χ4v) is 3.20. The van der Waals surface area contributed by atoms with E-state index in [1.165, 1.54) is 37.1 Å². The summed E-state index contributed by atoms with van der Waals surface area (Å²) in [6.07, 6.45) is 3.69. The summed E-state index contributed by atoms with van der Waals surface area (Å²) in [6, 6.07) is 8.83. The van der Waals surface area contributed by atoms with Crippen LogP contribution >= 0.6 is 0 Å². The molecule has 0 fully saturated rings. The van der Waals surface area contributed by atoms with Crippen LogP contribution in [0.1, 0.15) is 39.2 Å². The van der Waals surface area contributed by atoms with E-state index in [2.05, 4.69) is 49.9 Å². The Kier molecular flexibility index (Phi) is 4.51. The van der Waals surface area contributed by atoms with Gasteiger partial charge >= 0.3 is 0 Å². The maximum atomic E-state index is 5.99. The highest BCUT2D eigenvalue weighted by Crippen LogP contribution is 2.30. The molecular formula is C17H28N2. The number of fused-ring (bicyclic) bond motifs is 1. The van der Waals surface area contributed by atoms with E-state index in [9.17, 15) is 0 Å². The molecule has 1 unspecified atom stereocenters. The van der Waals surface area contributed by atoms with Gasteiger partial charge in [0.15, 0.2) is 0 Å². The van der Waals surface area contributed by atoms with Gasteiger partial charge < -0.3 is 10.6 Å². The minimum Gasteiger partial charge on any atom is -0.371 e. The number of nitrogens with zero attached hydrogens (tertiary/aromatic N) is 1. The maximum Gasteiger partial charge on any atom is 0.0398 e. The first-order valence-corrected chi connectivity index (χ1v) is 7.52. The lowest BCUT2D eigenvalue weighted by Gasteiger charge is -2.35. The third-order valence-corrected chi connectivity index (χ3v) is 3.92. The Morgan fingerprint density at radius 1 is 1.26 bits per heavy atom. The van der Waals surface area contributed by atoms with Crippen molar-refractivity contribution in [2.75, 3.05) is 24.5 Å². The van der Waals surface area contributed by atoms with Crippen molar-refractivity contribution < 1.29 is 0 Å². The van der Waals surface area contributed by atoms with Crippen molar-refractivity contribution in [3.8, 4) is 0 Å². The van der Waals surface area contributed by atoms with E-state index < -0.39 is 0 Å². The SMILES string of the molecule is CC(C)(C)CC(CN)CN1CCCc2ccccc21. The second kappa shape index (κ2) is 5.96. The number of para-hydroxylation sites is 1. The van der Waals surface area contributed by atoms with Crippen LogP contribution in [0.25, 0.3) is 0 Å². The van der Waals surface area contributed by atoms with Gasteiger partial charge in [-0.25, -0.2) is 0 Å². The van der Waals surface area contributed by atoms with Gasteiger partial charge in [0, 0.05) is 18.8 Å². The van der Waals surface area contributed by atoms with Crippen molar-refractivity contribution in [1.82, 2.24) is 0 Å². The Balaban J connectivity index is 2.07. The monoisotopic (exact) mass is 260 g/mol. The van der Waals surface area contributed by atoms with E-state index in [0.29, 0.717) is 11.3 Å². The highest BCUT2D eigenvalue weighted by Gasteiger charge is 2.23. The number of hydrogen-bond donors (Lipinski definition) is 1. The van der Waals surface area contributed by atoms with Gasteiger partial charge in [0.1, 0.15) is 0 Å². The zero-order chi connectivity index (χ0) is 13.9. The first-order valence-electron chi connectivity index (χ1n) is 7.52. The van der Waals surface area contributed by atoms with Crippen molar-refractivity contribution in [3.05, 3.63) is 29.8 Å². The van der Waals surface area contributed by atoms with E-state index in [1.807, 2.05) is 0 Å². The number of rotatable bonds is 4. The van der Waals surface area contributed by atoms with E-state index >= 15 is 0 Å². The zero-order valence-electron chi connectivity index (χ0n) is 12.7. The molecule has 2 N–H and O–H groups in total. The molecule has 0 aliphatic carbocycles. The first-order chi connectivity index (χ1) is 8.99. The summed E-state index contributed by atoms with van der Waals surface area (Å²) in [4.78, 5) is 2.54. The van der Waals surface area contributed by atoms with Crippen molar-refractivity contribution in [1.29, 1.82) is 0 Å². The highest BCUT2D eigenvalue weighted by atomic mass is 15.1. The summed E-state index contributed by atoms with van der Waals surface area (Å²) in [7, 11) is 0. The lowest BCUT2D eigenvalue weighted by molar-refractivity contribution is 0.297. The molecule has 19 heavy (non-hydrogen) atoms. The molecule has 0 saturated heterocycles. The Hall–Kier alpha value is -1.02. The fraction of sp³-hybridized carbons (Fsp3) is 0.647. The summed E-state index contributed by atoms with van der Waals surface area (Å²) in [5.41, 5.74) is 9.28. The molecule has 1 heterocycles. The normalized spacial score (nSPS) is 17.2. The van der Waals surface area contributed by atoms with Gasteiger partial charge in [-0.1, -0.05) is 39.0 Å². The molecule has 1 aliphatic rings. The predicted octanol–water partition coefficient (Wildman–Crippen LogP) is 3.45. The molecule has 2 nitrogen and oxygen atoms in total. The number of aryl methyl sites for hydroxylation is 1. The average Bonchev–Trinajstić information content (AvgIpc) is 2.37. The van der Waals surface area contributed by atoms with Crippen LogP contribution in [0.3, 0.4) is 0 Å². The molecule has 2 rings (SSSR count). The first kappa shape index (κ1) is 14.4. The minimum atomic E-state index is 0.360. The molecular weight excluding hydrogens is 232 g/mol. The van der Waals surface area contributed by atoms with Crippen LogP contribution in [0.5, 0.6) is 0 Å². The van der Waals surface area contributed by atoms with Crippen LogP contribution in [-0.2, 0) is 6.42 Å². The van der Waals surface area contributed by atoms with Crippen LogP contribution in [0, 0.1) is 11.3 Å². The second-order valence-corrected chi connectivity index (χ2v) is 7.04. The Bertz CT molecular complexity index is 406. The molecule has 1 aliphatic heterocycles. The summed E-state index contributed by atoms with van der Waals surface area (Å²) in [5.74, 6) is 0.589. The number of hydrogen-bond acceptors (Lipinski definition) is 2. The van der Waals surface area contributed by atoms with Gasteiger partial charge in [-0.05, 0) is 48.8 Å². The molecule has 0 aromatic heterocycles.